The van der Waals surface area contributed by atoms with E-state index in [1.807, 2.05) is 18.2 Å². The topological polar surface area (TPSA) is 38.3 Å². The normalized spacial score (nSPS) is 28.1. The van der Waals surface area contributed by atoms with Gasteiger partial charge in [0.05, 0.1) is 7.11 Å². The van der Waals surface area contributed by atoms with Gasteiger partial charge in [0.1, 0.15) is 5.54 Å². The molecule has 0 saturated heterocycles. The van der Waals surface area contributed by atoms with Gasteiger partial charge in [-0.1, -0.05) is 51.1 Å². The van der Waals surface area contributed by atoms with Crippen molar-refractivity contribution in [2.24, 2.45) is 11.3 Å². The first-order valence-electron chi connectivity index (χ1n) is 7.74. The van der Waals surface area contributed by atoms with Gasteiger partial charge in [0, 0.05) is 6.54 Å². The standard InChI is InChI=1S/C18H27NO2/c1-14-10-17(2,3)13-18(11-14,16(20)21-4)19-12-15-8-6-5-7-9-15/h5-9,14,19H,10-13H2,1-4H3. The maximum Gasteiger partial charge on any atom is 0.326 e. The Bertz CT molecular complexity index is 483. The van der Waals surface area contributed by atoms with Crippen molar-refractivity contribution in [1.82, 2.24) is 5.32 Å². The molecule has 1 aromatic carbocycles. The number of hydrogen-bond acceptors (Lipinski definition) is 3. The molecule has 1 saturated carbocycles. The fourth-order valence-corrected chi connectivity index (χ4v) is 4.00. The maximum atomic E-state index is 12.5. The van der Waals surface area contributed by atoms with Crippen LogP contribution in [0.3, 0.4) is 0 Å². The molecule has 1 N–H and O–H groups in total. The van der Waals surface area contributed by atoms with E-state index in [1.165, 1.54) is 12.7 Å². The Hall–Kier alpha value is -1.35. The molecule has 2 rings (SSSR count). The molecule has 0 radical (unpaired) electrons. The van der Waals surface area contributed by atoms with Crippen LogP contribution in [-0.4, -0.2) is 18.6 Å². The van der Waals surface area contributed by atoms with Crippen LogP contribution in [0.1, 0.15) is 45.6 Å². The number of benzene rings is 1. The summed E-state index contributed by atoms with van der Waals surface area (Å²) in [5.41, 5.74) is 0.776. The van der Waals surface area contributed by atoms with Crippen LogP contribution in [-0.2, 0) is 16.1 Å². The zero-order chi connectivity index (χ0) is 15.5. The monoisotopic (exact) mass is 289 g/mol. The molecule has 1 fully saturated rings. The molecular weight excluding hydrogens is 262 g/mol. The van der Waals surface area contributed by atoms with Crippen LogP contribution < -0.4 is 5.32 Å². The second kappa shape index (κ2) is 6.18. The first-order chi connectivity index (χ1) is 9.87. The summed E-state index contributed by atoms with van der Waals surface area (Å²) in [6.07, 6.45) is 2.82. The van der Waals surface area contributed by atoms with Crippen molar-refractivity contribution in [3.63, 3.8) is 0 Å². The molecule has 1 aromatic rings. The third-order valence-corrected chi connectivity index (χ3v) is 4.43. The van der Waals surface area contributed by atoms with Gasteiger partial charge in [-0.15, -0.1) is 0 Å². The van der Waals surface area contributed by atoms with Crippen molar-refractivity contribution in [2.45, 2.75) is 52.1 Å². The number of carbonyl (C=O) groups excluding carboxylic acids is 1. The molecule has 21 heavy (non-hydrogen) atoms. The molecule has 2 atom stereocenters. The van der Waals surface area contributed by atoms with Gasteiger partial charge >= 0.3 is 5.97 Å². The number of ether oxygens (including phenoxy) is 1. The second-order valence-corrected chi connectivity index (χ2v) is 7.27. The maximum absolute atomic E-state index is 12.5. The summed E-state index contributed by atoms with van der Waals surface area (Å²) in [6, 6.07) is 10.2. The highest BCUT2D eigenvalue weighted by Crippen LogP contribution is 2.44. The first kappa shape index (κ1) is 16.0. The Morgan fingerprint density at radius 1 is 1.29 bits per heavy atom. The predicted molar refractivity (Wildman–Crippen MR) is 84.8 cm³/mol. The van der Waals surface area contributed by atoms with Crippen molar-refractivity contribution < 1.29 is 9.53 Å². The molecule has 1 aliphatic carbocycles. The molecular formula is C18H27NO2. The number of carbonyl (C=O) groups is 1. The third-order valence-electron chi connectivity index (χ3n) is 4.43. The lowest BCUT2D eigenvalue weighted by molar-refractivity contribution is -0.153. The highest BCUT2D eigenvalue weighted by Gasteiger charge is 2.48. The van der Waals surface area contributed by atoms with E-state index in [0.717, 1.165) is 19.3 Å². The predicted octanol–water partition coefficient (Wildman–Crippen LogP) is 3.53. The van der Waals surface area contributed by atoms with E-state index < -0.39 is 5.54 Å². The average molecular weight is 289 g/mol. The molecule has 0 amide bonds. The Labute approximate surface area is 128 Å². The Balaban J connectivity index is 2.19. The summed E-state index contributed by atoms with van der Waals surface area (Å²) < 4.78 is 5.12. The van der Waals surface area contributed by atoms with Crippen LogP contribution in [0.5, 0.6) is 0 Å². The number of rotatable bonds is 4. The van der Waals surface area contributed by atoms with Gasteiger partial charge in [-0.05, 0) is 36.2 Å². The highest BCUT2D eigenvalue weighted by molar-refractivity contribution is 5.81. The molecule has 116 valence electrons. The van der Waals surface area contributed by atoms with E-state index in [9.17, 15) is 4.79 Å². The van der Waals surface area contributed by atoms with Crippen LogP contribution >= 0.6 is 0 Å². The zero-order valence-corrected chi connectivity index (χ0v) is 13.6. The fourth-order valence-electron chi connectivity index (χ4n) is 4.00. The minimum atomic E-state index is -0.564. The lowest BCUT2D eigenvalue weighted by atomic mass is 9.64. The SMILES string of the molecule is COC(=O)C1(NCc2ccccc2)CC(C)CC(C)(C)C1. The molecule has 1 aliphatic rings. The largest absolute Gasteiger partial charge is 0.468 e. The number of hydrogen-bond donors (Lipinski definition) is 1. The summed E-state index contributed by atoms with van der Waals surface area (Å²) in [5.74, 6) is 0.383. The van der Waals surface area contributed by atoms with E-state index in [4.69, 9.17) is 4.74 Å². The summed E-state index contributed by atoms with van der Waals surface area (Å²) in [6.45, 7) is 7.40. The molecule has 0 heterocycles. The second-order valence-electron chi connectivity index (χ2n) is 7.27. The van der Waals surface area contributed by atoms with E-state index >= 15 is 0 Å². The van der Waals surface area contributed by atoms with Crippen molar-refractivity contribution >= 4 is 5.97 Å². The van der Waals surface area contributed by atoms with Crippen molar-refractivity contribution in [3.8, 4) is 0 Å². The van der Waals surface area contributed by atoms with E-state index in [-0.39, 0.29) is 11.4 Å². The van der Waals surface area contributed by atoms with Gasteiger partial charge in [-0.3, -0.25) is 10.1 Å². The van der Waals surface area contributed by atoms with Gasteiger partial charge in [-0.25, -0.2) is 0 Å². The molecule has 0 spiro atoms. The van der Waals surface area contributed by atoms with E-state index in [1.54, 1.807) is 0 Å². The molecule has 0 aromatic heterocycles. The van der Waals surface area contributed by atoms with E-state index in [0.29, 0.717) is 12.5 Å². The number of esters is 1. The third kappa shape index (κ3) is 3.85. The lowest BCUT2D eigenvalue weighted by Gasteiger charge is -2.46. The smallest absolute Gasteiger partial charge is 0.326 e. The van der Waals surface area contributed by atoms with Gasteiger partial charge in [-0.2, -0.15) is 0 Å². The zero-order valence-electron chi connectivity index (χ0n) is 13.6. The Morgan fingerprint density at radius 3 is 2.52 bits per heavy atom. The van der Waals surface area contributed by atoms with Gasteiger partial charge in [0.15, 0.2) is 0 Å². The van der Waals surface area contributed by atoms with Crippen molar-refractivity contribution in [3.05, 3.63) is 35.9 Å². The Kier molecular flexibility index (Phi) is 4.72. The lowest BCUT2D eigenvalue weighted by Crippen LogP contribution is -2.58. The summed E-state index contributed by atoms with van der Waals surface area (Å²) in [5, 5.41) is 3.51. The quantitative estimate of drug-likeness (QED) is 0.862. The molecule has 0 bridgehead atoms. The van der Waals surface area contributed by atoms with Crippen molar-refractivity contribution in [2.75, 3.05) is 7.11 Å². The first-order valence-corrected chi connectivity index (χ1v) is 7.74. The van der Waals surface area contributed by atoms with Crippen LogP contribution in [0.2, 0.25) is 0 Å². The molecule has 2 unspecified atom stereocenters. The van der Waals surface area contributed by atoms with Crippen LogP contribution in [0.15, 0.2) is 30.3 Å². The highest BCUT2D eigenvalue weighted by atomic mass is 16.5. The van der Waals surface area contributed by atoms with E-state index in [2.05, 4.69) is 38.2 Å². The summed E-state index contributed by atoms with van der Waals surface area (Å²) in [7, 11) is 1.49. The molecule has 3 heteroatoms. The van der Waals surface area contributed by atoms with Crippen molar-refractivity contribution in [1.29, 1.82) is 0 Å². The number of methoxy groups -OCH3 is 1. The molecule has 3 nitrogen and oxygen atoms in total. The summed E-state index contributed by atoms with van der Waals surface area (Å²) >= 11 is 0. The van der Waals surface area contributed by atoms with Crippen LogP contribution in [0, 0.1) is 11.3 Å². The summed E-state index contributed by atoms with van der Waals surface area (Å²) in [4.78, 5) is 12.5. The fraction of sp³-hybridized carbons (Fsp3) is 0.611. The number of nitrogens with one attached hydrogen (secondary N) is 1. The van der Waals surface area contributed by atoms with Crippen LogP contribution in [0.25, 0.3) is 0 Å². The molecule has 0 aliphatic heterocycles. The van der Waals surface area contributed by atoms with Crippen LogP contribution in [0.4, 0.5) is 0 Å². The minimum absolute atomic E-state index is 0.127. The average Bonchev–Trinajstić information content (AvgIpc) is 2.43. The minimum Gasteiger partial charge on any atom is -0.468 e. The Morgan fingerprint density at radius 2 is 1.95 bits per heavy atom. The van der Waals surface area contributed by atoms with Gasteiger partial charge < -0.3 is 4.74 Å². The van der Waals surface area contributed by atoms with Gasteiger partial charge in [0.2, 0.25) is 0 Å². The van der Waals surface area contributed by atoms with Gasteiger partial charge in [0.25, 0.3) is 0 Å².